The van der Waals surface area contributed by atoms with Gasteiger partial charge in [0, 0.05) is 0 Å². The summed E-state index contributed by atoms with van der Waals surface area (Å²) in [7, 11) is 0. The topological polar surface area (TPSA) is 58.3 Å². The van der Waals surface area contributed by atoms with E-state index in [0.717, 1.165) is 31.6 Å². The Bertz CT molecular complexity index is 292. The minimum absolute atomic E-state index is 0.286. The van der Waals surface area contributed by atoms with Crippen LogP contribution in [0, 0.1) is 12.8 Å². The Balaban J connectivity index is 2.03. The van der Waals surface area contributed by atoms with Gasteiger partial charge in [-0.05, 0) is 38.8 Å². The molecule has 1 aliphatic rings. The Hall–Kier alpha value is -0.870. The van der Waals surface area contributed by atoms with E-state index in [1.165, 1.54) is 0 Å². The smallest absolute Gasteiger partial charge is 0.223 e. The lowest BCUT2D eigenvalue weighted by atomic mass is 9.92. The largest absolute Gasteiger partial charge is 0.446 e. The fourth-order valence-electron chi connectivity index (χ4n) is 1.87. The molecule has 78 valence electrons. The molecule has 4 nitrogen and oxygen atoms in total. The number of aryl methyl sites for hydroxylation is 1. The third kappa shape index (κ3) is 1.96. The zero-order valence-corrected chi connectivity index (χ0v) is 8.36. The van der Waals surface area contributed by atoms with Crippen LogP contribution in [0.25, 0.3) is 0 Å². The molecule has 4 heteroatoms. The van der Waals surface area contributed by atoms with Crippen molar-refractivity contribution >= 4 is 0 Å². The summed E-state index contributed by atoms with van der Waals surface area (Å²) in [5, 5.41) is 13.2. The molecule has 0 aromatic carbocycles. The van der Waals surface area contributed by atoms with Crippen molar-refractivity contribution in [3.8, 4) is 0 Å². The van der Waals surface area contributed by atoms with Crippen molar-refractivity contribution < 1.29 is 9.52 Å². The van der Waals surface area contributed by atoms with Gasteiger partial charge in [-0.3, -0.25) is 0 Å². The van der Waals surface area contributed by atoms with E-state index in [-0.39, 0.29) is 5.92 Å². The van der Waals surface area contributed by atoms with Crippen LogP contribution >= 0.6 is 0 Å². The van der Waals surface area contributed by atoms with E-state index in [0.29, 0.717) is 5.89 Å². The van der Waals surface area contributed by atoms with Gasteiger partial charge < -0.3 is 14.8 Å². The molecule has 0 radical (unpaired) electrons. The van der Waals surface area contributed by atoms with E-state index in [1.54, 1.807) is 6.26 Å². The Kier molecular flexibility index (Phi) is 2.84. The molecule has 1 aromatic rings. The molecule has 0 saturated carbocycles. The van der Waals surface area contributed by atoms with Gasteiger partial charge in [0.25, 0.3) is 0 Å². The third-order valence-corrected chi connectivity index (χ3v) is 2.72. The van der Waals surface area contributed by atoms with E-state index in [2.05, 4.69) is 10.3 Å². The number of aliphatic hydroxyl groups is 1. The molecule has 2 rings (SSSR count). The molecule has 1 atom stereocenters. The SMILES string of the molecule is Cc1coc(C(O)C2CCNCC2)n1. The van der Waals surface area contributed by atoms with Gasteiger partial charge in [-0.1, -0.05) is 0 Å². The standard InChI is InChI=1S/C10H16N2O2/c1-7-6-14-10(12-7)9(13)8-2-4-11-5-3-8/h6,8-9,11,13H,2-5H2,1H3. The number of oxazole rings is 1. The van der Waals surface area contributed by atoms with Gasteiger partial charge in [0.1, 0.15) is 12.4 Å². The van der Waals surface area contributed by atoms with E-state index >= 15 is 0 Å². The predicted octanol–water partition coefficient (Wildman–Crippen LogP) is 1.02. The second kappa shape index (κ2) is 4.11. The molecule has 0 spiro atoms. The lowest BCUT2D eigenvalue weighted by molar-refractivity contribution is 0.0642. The number of nitrogens with zero attached hydrogens (tertiary/aromatic N) is 1. The molecular formula is C10H16N2O2. The first kappa shape index (κ1) is 9.68. The number of hydrogen-bond donors (Lipinski definition) is 2. The quantitative estimate of drug-likeness (QED) is 0.741. The Morgan fingerprint density at radius 1 is 1.57 bits per heavy atom. The van der Waals surface area contributed by atoms with E-state index < -0.39 is 6.10 Å². The summed E-state index contributed by atoms with van der Waals surface area (Å²) in [6.45, 7) is 3.81. The molecule has 1 aromatic heterocycles. The summed E-state index contributed by atoms with van der Waals surface area (Å²) < 4.78 is 5.20. The second-order valence-corrected chi connectivity index (χ2v) is 3.86. The fraction of sp³-hybridized carbons (Fsp3) is 0.700. The predicted molar refractivity (Wildman–Crippen MR) is 51.8 cm³/mol. The van der Waals surface area contributed by atoms with Gasteiger partial charge in [-0.2, -0.15) is 0 Å². The number of aliphatic hydroxyl groups excluding tert-OH is 1. The maximum absolute atomic E-state index is 9.97. The molecule has 1 aliphatic heterocycles. The average Bonchev–Trinajstić information content (AvgIpc) is 2.65. The molecule has 0 aliphatic carbocycles. The van der Waals surface area contributed by atoms with Crippen molar-refractivity contribution in [3.05, 3.63) is 17.8 Å². The lowest BCUT2D eigenvalue weighted by Crippen LogP contribution is -2.30. The van der Waals surface area contributed by atoms with Crippen LogP contribution in [0.1, 0.15) is 30.5 Å². The highest BCUT2D eigenvalue weighted by Gasteiger charge is 2.26. The first-order valence-corrected chi connectivity index (χ1v) is 5.08. The minimum atomic E-state index is -0.536. The summed E-state index contributed by atoms with van der Waals surface area (Å²) in [6.07, 6.45) is 3.02. The van der Waals surface area contributed by atoms with Crippen LogP contribution < -0.4 is 5.32 Å². The molecule has 2 heterocycles. The van der Waals surface area contributed by atoms with Crippen LogP contribution in [0.4, 0.5) is 0 Å². The van der Waals surface area contributed by atoms with Crippen LogP contribution in [0.3, 0.4) is 0 Å². The molecule has 1 fully saturated rings. The minimum Gasteiger partial charge on any atom is -0.446 e. The molecule has 1 saturated heterocycles. The summed E-state index contributed by atoms with van der Waals surface area (Å²) in [5.74, 6) is 0.753. The van der Waals surface area contributed by atoms with Crippen LogP contribution in [0.2, 0.25) is 0 Å². The lowest BCUT2D eigenvalue weighted by Gasteiger charge is -2.25. The van der Waals surface area contributed by atoms with Crippen LogP contribution in [-0.2, 0) is 0 Å². The van der Waals surface area contributed by atoms with Crippen molar-refractivity contribution in [1.29, 1.82) is 0 Å². The summed E-state index contributed by atoms with van der Waals surface area (Å²) in [6, 6.07) is 0. The fourth-order valence-corrected chi connectivity index (χ4v) is 1.87. The summed E-state index contributed by atoms with van der Waals surface area (Å²) >= 11 is 0. The Morgan fingerprint density at radius 3 is 2.86 bits per heavy atom. The van der Waals surface area contributed by atoms with Gasteiger partial charge >= 0.3 is 0 Å². The van der Waals surface area contributed by atoms with Crippen LogP contribution in [0.5, 0.6) is 0 Å². The van der Waals surface area contributed by atoms with Crippen LogP contribution in [-0.4, -0.2) is 23.2 Å². The summed E-state index contributed by atoms with van der Waals surface area (Å²) in [5.41, 5.74) is 0.827. The second-order valence-electron chi connectivity index (χ2n) is 3.86. The van der Waals surface area contributed by atoms with E-state index in [4.69, 9.17) is 4.42 Å². The molecule has 1 unspecified atom stereocenters. The Morgan fingerprint density at radius 2 is 2.29 bits per heavy atom. The molecule has 0 amide bonds. The maximum atomic E-state index is 9.97. The zero-order chi connectivity index (χ0) is 9.97. The van der Waals surface area contributed by atoms with Crippen LogP contribution in [0.15, 0.2) is 10.7 Å². The van der Waals surface area contributed by atoms with Gasteiger partial charge in [0.15, 0.2) is 0 Å². The first-order chi connectivity index (χ1) is 6.77. The molecule has 2 N–H and O–H groups in total. The maximum Gasteiger partial charge on any atom is 0.223 e. The number of hydrogen-bond acceptors (Lipinski definition) is 4. The normalized spacial score (nSPS) is 21.0. The van der Waals surface area contributed by atoms with Crippen molar-refractivity contribution in [3.63, 3.8) is 0 Å². The molecule has 0 bridgehead atoms. The highest BCUT2D eigenvalue weighted by molar-refractivity contribution is 4.97. The Labute approximate surface area is 83.3 Å². The first-order valence-electron chi connectivity index (χ1n) is 5.08. The van der Waals surface area contributed by atoms with Crippen molar-refractivity contribution in [2.45, 2.75) is 25.9 Å². The van der Waals surface area contributed by atoms with E-state index in [1.807, 2.05) is 6.92 Å². The van der Waals surface area contributed by atoms with Crippen molar-refractivity contribution in [2.24, 2.45) is 5.92 Å². The zero-order valence-electron chi connectivity index (χ0n) is 8.36. The van der Waals surface area contributed by atoms with Gasteiger partial charge in [-0.15, -0.1) is 0 Å². The highest BCUT2D eigenvalue weighted by atomic mass is 16.4. The van der Waals surface area contributed by atoms with Gasteiger partial charge in [0.2, 0.25) is 5.89 Å². The molecular weight excluding hydrogens is 180 g/mol. The third-order valence-electron chi connectivity index (χ3n) is 2.72. The number of rotatable bonds is 2. The van der Waals surface area contributed by atoms with Crippen molar-refractivity contribution in [2.75, 3.05) is 13.1 Å². The summed E-state index contributed by atoms with van der Waals surface area (Å²) in [4.78, 5) is 4.15. The monoisotopic (exact) mass is 196 g/mol. The molecule has 14 heavy (non-hydrogen) atoms. The van der Waals surface area contributed by atoms with E-state index in [9.17, 15) is 5.11 Å². The van der Waals surface area contributed by atoms with Crippen molar-refractivity contribution in [1.82, 2.24) is 10.3 Å². The van der Waals surface area contributed by atoms with Gasteiger partial charge in [-0.25, -0.2) is 4.98 Å². The number of piperidine rings is 1. The average molecular weight is 196 g/mol. The van der Waals surface area contributed by atoms with Gasteiger partial charge in [0.05, 0.1) is 5.69 Å². The number of aromatic nitrogens is 1. The number of nitrogens with one attached hydrogen (secondary N) is 1. The highest BCUT2D eigenvalue weighted by Crippen LogP contribution is 2.27.